The van der Waals surface area contributed by atoms with Crippen molar-refractivity contribution in [3.8, 4) is 0 Å². The summed E-state index contributed by atoms with van der Waals surface area (Å²) in [6, 6.07) is 2.13. The van der Waals surface area contributed by atoms with Gasteiger partial charge in [-0.2, -0.15) is 4.98 Å². The summed E-state index contributed by atoms with van der Waals surface area (Å²) in [5.41, 5.74) is 0.470. The Balaban J connectivity index is 1.34. The van der Waals surface area contributed by atoms with Gasteiger partial charge in [-0.05, 0) is 59.4 Å². The Labute approximate surface area is 226 Å². The number of amides is 1. The van der Waals surface area contributed by atoms with Crippen LogP contribution in [-0.4, -0.2) is 51.5 Å². The molecule has 1 N–H and O–H groups in total. The normalized spacial score (nSPS) is 25.8. The van der Waals surface area contributed by atoms with Crippen LogP contribution in [0.15, 0.2) is 21.4 Å². The second kappa shape index (κ2) is 11.8. The van der Waals surface area contributed by atoms with Crippen LogP contribution in [0.25, 0.3) is 0 Å². The number of ether oxygens (including phenoxy) is 1. The maximum atomic E-state index is 12.5. The third-order valence-electron chi connectivity index (χ3n) is 8.86. The molecule has 3 fully saturated rings. The number of carbonyl (C=O) groups is 1. The number of nitrogens with zero attached hydrogens (tertiary/aromatic N) is 4. The van der Waals surface area contributed by atoms with Crippen LogP contribution < -0.4 is 5.32 Å². The van der Waals surface area contributed by atoms with Crippen LogP contribution >= 0.6 is 0 Å². The Kier molecular flexibility index (Phi) is 8.41. The average molecular weight is 528 g/mol. The average Bonchev–Trinajstić information content (AvgIpc) is 3.60. The molecule has 5 rings (SSSR count). The lowest BCUT2D eigenvalue weighted by molar-refractivity contribution is 0.0202. The fourth-order valence-electron chi connectivity index (χ4n) is 6.96. The van der Waals surface area contributed by atoms with Crippen LogP contribution in [-0.2, 0) is 4.74 Å². The van der Waals surface area contributed by atoms with E-state index in [2.05, 4.69) is 15.6 Å². The second-order valence-electron chi connectivity index (χ2n) is 12.6. The fraction of sp³-hybridized carbons (Fsp3) is 0.793. The van der Waals surface area contributed by atoms with Gasteiger partial charge >= 0.3 is 6.09 Å². The Morgan fingerprint density at radius 1 is 1.03 bits per heavy atom. The molecule has 0 aromatic carbocycles. The van der Waals surface area contributed by atoms with Crippen molar-refractivity contribution < 1.29 is 18.6 Å². The molecule has 2 unspecified atom stereocenters. The van der Waals surface area contributed by atoms with Crippen molar-refractivity contribution in [2.45, 2.75) is 121 Å². The first kappa shape index (κ1) is 27.2. The molecule has 2 saturated heterocycles. The van der Waals surface area contributed by atoms with Crippen molar-refractivity contribution in [3.05, 3.63) is 29.7 Å². The maximum absolute atomic E-state index is 12.5. The molecule has 9 nitrogen and oxygen atoms in total. The van der Waals surface area contributed by atoms with Crippen molar-refractivity contribution in [3.63, 3.8) is 0 Å². The van der Waals surface area contributed by atoms with Gasteiger partial charge < -0.3 is 24.0 Å². The van der Waals surface area contributed by atoms with Crippen molar-refractivity contribution in [1.82, 2.24) is 25.5 Å². The van der Waals surface area contributed by atoms with E-state index in [1.165, 1.54) is 44.9 Å². The number of hydrogen-bond donors (Lipinski definition) is 1. The largest absolute Gasteiger partial charge is 0.444 e. The number of piperidine rings is 2. The molecule has 0 radical (unpaired) electrons. The smallest absolute Gasteiger partial charge is 0.410 e. The number of aromatic nitrogens is 3. The highest BCUT2D eigenvalue weighted by molar-refractivity contribution is 5.68. The molecule has 2 aromatic rings. The molecule has 1 spiro atoms. The lowest BCUT2D eigenvalue weighted by atomic mass is 9.60. The zero-order chi connectivity index (χ0) is 26.6. The fourth-order valence-corrected chi connectivity index (χ4v) is 6.96. The minimum Gasteiger partial charge on any atom is -0.444 e. The number of carbonyl (C=O) groups excluding carboxylic acids is 1. The SMILES string of the molecule is CC(C)(C)OC(=O)N1CCC(c2noc(C3CCNC(c4ccon4)C34CCCCCCCCC4)n2)CC1. The van der Waals surface area contributed by atoms with Crippen LogP contribution in [0.2, 0.25) is 0 Å². The molecule has 1 amide bonds. The Bertz CT molecular complexity index is 1010. The first-order chi connectivity index (χ1) is 18.4. The molecule has 9 heteroatoms. The van der Waals surface area contributed by atoms with Crippen LogP contribution in [0.5, 0.6) is 0 Å². The molecule has 3 aliphatic rings. The summed E-state index contributed by atoms with van der Waals surface area (Å²) >= 11 is 0. The zero-order valence-electron chi connectivity index (χ0n) is 23.4. The number of rotatable bonds is 3. The topological polar surface area (TPSA) is 107 Å². The van der Waals surface area contributed by atoms with Gasteiger partial charge in [0.2, 0.25) is 5.89 Å². The van der Waals surface area contributed by atoms with Gasteiger partial charge in [0.1, 0.15) is 17.6 Å². The van der Waals surface area contributed by atoms with Gasteiger partial charge in [0.25, 0.3) is 0 Å². The molecule has 1 aliphatic carbocycles. The van der Waals surface area contributed by atoms with E-state index in [1.54, 1.807) is 11.2 Å². The van der Waals surface area contributed by atoms with Crippen molar-refractivity contribution in [2.24, 2.45) is 5.41 Å². The van der Waals surface area contributed by atoms with E-state index in [9.17, 15) is 4.79 Å². The summed E-state index contributed by atoms with van der Waals surface area (Å²) in [7, 11) is 0. The highest BCUT2D eigenvalue weighted by Gasteiger charge is 2.51. The lowest BCUT2D eigenvalue weighted by Crippen LogP contribution is -2.48. The van der Waals surface area contributed by atoms with Gasteiger partial charge in [-0.1, -0.05) is 55.3 Å². The predicted octanol–water partition coefficient (Wildman–Crippen LogP) is 6.50. The first-order valence-electron chi connectivity index (χ1n) is 14.8. The van der Waals surface area contributed by atoms with Gasteiger partial charge in [-0.3, -0.25) is 0 Å². The van der Waals surface area contributed by atoms with Gasteiger partial charge in [0, 0.05) is 36.4 Å². The summed E-state index contributed by atoms with van der Waals surface area (Å²) in [6.45, 7) is 7.88. The van der Waals surface area contributed by atoms with Crippen molar-refractivity contribution in [1.29, 1.82) is 0 Å². The lowest BCUT2D eigenvalue weighted by Gasteiger charge is -2.49. The van der Waals surface area contributed by atoms with E-state index >= 15 is 0 Å². The van der Waals surface area contributed by atoms with E-state index in [-0.39, 0.29) is 29.4 Å². The first-order valence-corrected chi connectivity index (χ1v) is 14.8. The number of nitrogens with one attached hydrogen (secondary N) is 1. The Hall–Kier alpha value is -2.42. The Morgan fingerprint density at radius 3 is 2.34 bits per heavy atom. The molecule has 210 valence electrons. The third kappa shape index (κ3) is 6.08. The minimum atomic E-state index is -0.486. The molecule has 38 heavy (non-hydrogen) atoms. The monoisotopic (exact) mass is 527 g/mol. The summed E-state index contributed by atoms with van der Waals surface area (Å²) in [4.78, 5) is 19.4. The van der Waals surface area contributed by atoms with E-state index in [0.29, 0.717) is 13.1 Å². The molecular formula is C29H45N5O4. The van der Waals surface area contributed by atoms with Gasteiger partial charge in [-0.25, -0.2) is 4.79 Å². The number of likely N-dealkylation sites (tertiary alicyclic amines) is 1. The maximum Gasteiger partial charge on any atom is 0.410 e. The van der Waals surface area contributed by atoms with Crippen LogP contribution in [0.3, 0.4) is 0 Å². The van der Waals surface area contributed by atoms with Crippen molar-refractivity contribution >= 4 is 6.09 Å². The van der Waals surface area contributed by atoms with Crippen LogP contribution in [0.1, 0.15) is 133 Å². The van der Waals surface area contributed by atoms with Gasteiger partial charge in [0.15, 0.2) is 5.82 Å². The summed E-state index contributed by atoms with van der Waals surface area (Å²) in [5, 5.41) is 12.7. The van der Waals surface area contributed by atoms with Gasteiger partial charge in [-0.15, -0.1) is 0 Å². The van der Waals surface area contributed by atoms with E-state index in [4.69, 9.17) is 18.8 Å². The summed E-state index contributed by atoms with van der Waals surface area (Å²) in [6.07, 6.45) is 15.2. The van der Waals surface area contributed by atoms with Crippen molar-refractivity contribution in [2.75, 3.05) is 19.6 Å². The van der Waals surface area contributed by atoms with Crippen LogP contribution in [0, 0.1) is 5.41 Å². The van der Waals surface area contributed by atoms with Gasteiger partial charge in [0.05, 0.1) is 6.04 Å². The molecule has 0 bridgehead atoms. The summed E-state index contributed by atoms with van der Waals surface area (Å²) < 4.78 is 16.9. The highest BCUT2D eigenvalue weighted by atomic mass is 16.6. The van der Waals surface area contributed by atoms with E-state index < -0.39 is 5.60 Å². The second-order valence-corrected chi connectivity index (χ2v) is 12.6. The van der Waals surface area contributed by atoms with E-state index in [1.807, 2.05) is 26.8 Å². The zero-order valence-corrected chi connectivity index (χ0v) is 23.4. The predicted molar refractivity (Wildman–Crippen MR) is 143 cm³/mol. The molecule has 4 heterocycles. The standard InChI is InChI=1S/C29H45N5O4/c1-28(2,3)37-27(35)34-18-12-21(13-19-34)25-31-26(38-33-25)22-11-17-30-24(23-14-20-36-32-23)29(22)15-9-7-5-4-6-8-10-16-29/h14,20-22,24,30H,4-13,15-19H2,1-3H3. The molecule has 2 aromatic heterocycles. The Morgan fingerprint density at radius 2 is 1.71 bits per heavy atom. The molecule has 2 aliphatic heterocycles. The highest BCUT2D eigenvalue weighted by Crippen LogP contribution is 2.56. The van der Waals surface area contributed by atoms with Crippen LogP contribution in [0.4, 0.5) is 4.79 Å². The third-order valence-corrected chi connectivity index (χ3v) is 8.86. The minimum absolute atomic E-state index is 0.0314. The quantitative estimate of drug-likeness (QED) is 0.482. The molecule has 1 saturated carbocycles. The molecular weight excluding hydrogens is 482 g/mol. The van der Waals surface area contributed by atoms with E-state index in [0.717, 1.165) is 56.1 Å². The summed E-state index contributed by atoms with van der Waals surface area (Å²) in [5.74, 6) is 1.95. The molecule has 2 atom stereocenters. The number of hydrogen-bond acceptors (Lipinski definition) is 8.